The molecule has 34 heavy (non-hydrogen) atoms. The van der Waals surface area contributed by atoms with Crippen LogP contribution in [0.5, 0.6) is 0 Å². The van der Waals surface area contributed by atoms with Crippen molar-refractivity contribution in [1.29, 1.82) is 5.26 Å². The predicted octanol–water partition coefficient (Wildman–Crippen LogP) is 2.80. The Hall–Kier alpha value is -3.34. The van der Waals surface area contributed by atoms with E-state index in [2.05, 4.69) is 33.1 Å². The lowest BCUT2D eigenvalue weighted by Gasteiger charge is -2.22. The maximum Gasteiger partial charge on any atom is 0.268 e. The molecule has 1 saturated heterocycles. The van der Waals surface area contributed by atoms with E-state index in [1.807, 2.05) is 32.0 Å². The normalized spacial score (nSPS) is 19.5. The summed E-state index contributed by atoms with van der Waals surface area (Å²) >= 11 is 0. The van der Waals surface area contributed by atoms with Crippen LogP contribution in [0.1, 0.15) is 62.0 Å². The van der Waals surface area contributed by atoms with Gasteiger partial charge in [0.25, 0.3) is 5.91 Å². The fourth-order valence-electron chi connectivity index (χ4n) is 4.66. The first-order valence-corrected chi connectivity index (χ1v) is 12.2. The number of nitrogens with zero attached hydrogens (tertiary/aromatic N) is 1. The molecular formula is C26H33N5O3. The van der Waals surface area contributed by atoms with E-state index in [9.17, 15) is 19.6 Å². The number of carbonyl (C=O) groups is 3. The van der Waals surface area contributed by atoms with Gasteiger partial charge >= 0.3 is 0 Å². The molecule has 1 aliphatic carbocycles. The average molecular weight is 464 g/mol. The molecule has 4 rings (SSSR count). The van der Waals surface area contributed by atoms with Crippen molar-refractivity contribution in [2.45, 2.75) is 64.5 Å². The maximum atomic E-state index is 13.1. The second kappa shape index (κ2) is 10.3. The number of fused-ring (bicyclic) bond motifs is 1. The second-order valence-electron chi connectivity index (χ2n) is 10.1. The highest BCUT2D eigenvalue weighted by Gasteiger charge is 2.30. The highest BCUT2D eigenvalue weighted by Crippen LogP contribution is 2.34. The minimum absolute atomic E-state index is 0.0820. The van der Waals surface area contributed by atoms with Crippen LogP contribution in [0.25, 0.3) is 10.9 Å². The van der Waals surface area contributed by atoms with Crippen LogP contribution in [0.2, 0.25) is 0 Å². The number of rotatable bonds is 10. The van der Waals surface area contributed by atoms with E-state index in [0.29, 0.717) is 25.1 Å². The van der Waals surface area contributed by atoms with Gasteiger partial charge in [-0.1, -0.05) is 26.0 Å². The summed E-state index contributed by atoms with van der Waals surface area (Å²) in [7, 11) is 0. The smallest absolute Gasteiger partial charge is 0.268 e. The van der Waals surface area contributed by atoms with Crippen molar-refractivity contribution in [3.63, 3.8) is 0 Å². The van der Waals surface area contributed by atoms with Gasteiger partial charge in [-0.05, 0) is 68.1 Å². The van der Waals surface area contributed by atoms with Gasteiger partial charge in [-0.15, -0.1) is 0 Å². The highest BCUT2D eigenvalue weighted by atomic mass is 16.2. The Morgan fingerprint density at radius 3 is 2.65 bits per heavy atom. The number of carbonyl (C=O) groups excluding carboxylic acids is 3. The molecule has 1 saturated carbocycles. The summed E-state index contributed by atoms with van der Waals surface area (Å²) in [5.41, 5.74) is 2.56. The number of benzene rings is 1. The topological polar surface area (TPSA) is 127 Å². The number of hydrogen-bond donors (Lipinski definition) is 4. The zero-order chi connectivity index (χ0) is 24.2. The molecule has 2 aromatic rings. The summed E-state index contributed by atoms with van der Waals surface area (Å²) in [4.78, 5) is 41.2. The van der Waals surface area contributed by atoms with Crippen molar-refractivity contribution >= 4 is 28.6 Å². The summed E-state index contributed by atoms with van der Waals surface area (Å²) in [5.74, 6) is -0.221. The van der Waals surface area contributed by atoms with E-state index < -0.39 is 18.0 Å². The van der Waals surface area contributed by atoms with Crippen molar-refractivity contribution < 1.29 is 14.4 Å². The standard InChI is InChI=1S/C26H33N5O3/c1-15(2)10-22(25(33)29-19(14-27)12-18-8-9-28-24(18)32)31-26(34)23-13-20-17(11-16-6-7-16)4-3-5-21(20)30-23/h3-5,13,15-16,18-19,22,30H,6-12H2,1-2H3,(H,28,32)(H,29,33)(H,31,34). The largest absolute Gasteiger partial charge is 0.356 e. The van der Waals surface area contributed by atoms with Gasteiger partial charge < -0.3 is 20.9 Å². The fraction of sp³-hybridized carbons (Fsp3) is 0.538. The van der Waals surface area contributed by atoms with E-state index >= 15 is 0 Å². The predicted molar refractivity (Wildman–Crippen MR) is 129 cm³/mol. The van der Waals surface area contributed by atoms with Gasteiger partial charge in [-0.2, -0.15) is 5.26 Å². The summed E-state index contributed by atoms with van der Waals surface area (Å²) in [6, 6.07) is 8.45. The summed E-state index contributed by atoms with van der Waals surface area (Å²) in [5, 5.41) is 18.9. The van der Waals surface area contributed by atoms with Crippen molar-refractivity contribution in [1.82, 2.24) is 20.9 Å². The molecule has 1 aromatic carbocycles. The van der Waals surface area contributed by atoms with Gasteiger partial charge in [-0.3, -0.25) is 14.4 Å². The van der Waals surface area contributed by atoms with Crippen LogP contribution in [0.4, 0.5) is 0 Å². The molecule has 0 bridgehead atoms. The van der Waals surface area contributed by atoms with E-state index in [-0.39, 0.29) is 30.1 Å². The van der Waals surface area contributed by atoms with Crippen LogP contribution >= 0.6 is 0 Å². The molecule has 2 heterocycles. The molecule has 4 N–H and O–H groups in total. The maximum absolute atomic E-state index is 13.1. The van der Waals surface area contributed by atoms with E-state index in [0.717, 1.165) is 23.2 Å². The van der Waals surface area contributed by atoms with Crippen LogP contribution in [0, 0.1) is 29.1 Å². The molecule has 1 aromatic heterocycles. The first-order chi connectivity index (χ1) is 16.3. The van der Waals surface area contributed by atoms with Gasteiger partial charge in [-0.25, -0.2) is 0 Å². The zero-order valence-corrected chi connectivity index (χ0v) is 19.8. The molecule has 3 amide bonds. The van der Waals surface area contributed by atoms with Crippen molar-refractivity contribution in [2.24, 2.45) is 17.8 Å². The molecule has 3 unspecified atom stereocenters. The van der Waals surface area contributed by atoms with Crippen molar-refractivity contribution in [2.75, 3.05) is 6.54 Å². The number of H-pyrrole nitrogens is 1. The average Bonchev–Trinajstić information content (AvgIpc) is 3.35. The minimum atomic E-state index is -0.786. The van der Waals surface area contributed by atoms with Gasteiger partial charge in [0.05, 0.1) is 6.07 Å². The minimum Gasteiger partial charge on any atom is -0.356 e. The van der Waals surface area contributed by atoms with E-state index in [1.54, 1.807) is 0 Å². The number of aromatic amines is 1. The Kier molecular flexibility index (Phi) is 7.20. The van der Waals surface area contributed by atoms with Crippen molar-refractivity contribution in [3.8, 4) is 6.07 Å². The molecule has 0 radical (unpaired) electrons. The lowest BCUT2D eigenvalue weighted by Crippen LogP contribution is -2.50. The van der Waals surface area contributed by atoms with Gasteiger partial charge in [0.15, 0.2) is 0 Å². The number of nitriles is 1. The molecule has 180 valence electrons. The van der Waals surface area contributed by atoms with Crippen LogP contribution in [-0.2, 0) is 16.0 Å². The molecule has 8 heteroatoms. The van der Waals surface area contributed by atoms with Crippen LogP contribution in [0.3, 0.4) is 0 Å². The number of hydrogen-bond acceptors (Lipinski definition) is 4. The van der Waals surface area contributed by atoms with Gasteiger partial charge in [0.2, 0.25) is 11.8 Å². The third-order valence-corrected chi connectivity index (χ3v) is 6.69. The van der Waals surface area contributed by atoms with E-state index in [1.165, 1.54) is 18.4 Å². The number of amides is 3. The quantitative estimate of drug-likeness (QED) is 0.432. The molecule has 2 aliphatic rings. The summed E-state index contributed by atoms with van der Waals surface area (Å²) in [6.45, 7) is 4.54. The SMILES string of the molecule is CC(C)CC(NC(=O)c1cc2c(CC3CC3)cccc2[nH]1)C(=O)NC(C#N)CC1CCNC1=O. The number of aromatic nitrogens is 1. The molecule has 0 spiro atoms. The van der Waals surface area contributed by atoms with Crippen LogP contribution < -0.4 is 16.0 Å². The Morgan fingerprint density at radius 2 is 2.00 bits per heavy atom. The van der Waals surface area contributed by atoms with E-state index in [4.69, 9.17) is 0 Å². The Labute approximate surface area is 199 Å². The Morgan fingerprint density at radius 1 is 1.21 bits per heavy atom. The van der Waals surface area contributed by atoms with Crippen LogP contribution in [-0.4, -0.2) is 41.3 Å². The Bertz CT molecular complexity index is 1110. The number of nitrogens with one attached hydrogen (secondary N) is 4. The molecule has 3 atom stereocenters. The molecular weight excluding hydrogens is 430 g/mol. The first kappa shape index (κ1) is 23.8. The molecule has 2 fully saturated rings. The second-order valence-corrected chi connectivity index (χ2v) is 10.1. The molecule has 1 aliphatic heterocycles. The van der Waals surface area contributed by atoms with Gasteiger partial charge in [0.1, 0.15) is 17.8 Å². The lowest BCUT2D eigenvalue weighted by atomic mass is 9.98. The first-order valence-electron chi connectivity index (χ1n) is 12.2. The Balaban J connectivity index is 1.44. The summed E-state index contributed by atoms with van der Waals surface area (Å²) < 4.78 is 0. The third-order valence-electron chi connectivity index (χ3n) is 6.69. The van der Waals surface area contributed by atoms with Gasteiger partial charge in [0, 0.05) is 23.4 Å². The lowest BCUT2D eigenvalue weighted by molar-refractivity contribution is -0.125. The fourth-order valence-corrected chi connectivity index (χ4v) is 4.66. The zero-order valence-electron chi connectivity index (χ0n) is 19.8. The molecule has 8 nitrogen and oxygen atoms in total. The monoisotopic (exact) mass is 463 g/mol. The summed E-state index contributed by atoms with van der Waals surface area (Å²) in [6.07, 6.45) is 4.89. The van der Waals surface area contributed by atoms with Crippen LogP contribution in [0.15, 0.2) is 24.3 Å². The highest BCUT2D eigenvalue weighted by molar-refractivity contribution is 6.01. The third kappa shape index (κ3) is 5.77. The van der Waals surface area contributed by atoms with Crippen molar-refractivity contribution in [3.05, 3.63) is 35.5 Å².